The molecule has 0 radical (unpaired) electrons. The summed E-state index contributed by atoms with van der Waals surface area (Å²) in [6.07, 6.45) is -3.82. The maximum atomic E-state index is 13.4. The van der Waals surface area contributed by atoms with Crippen molar-refractivity contribution in [3.8, 4) is 17.1 Å². The van der Waals surface area contributed by atoms with Gasteiger partial charge in [0.2, 0.25) is 0 Å². The molecule has 6 heteroatoms. The van der Waals surface area contributed by atoms with Gasteiger partial charge in [0.05, 0.1) is 12.2 Å². The molecule has 2 aromatic heterocycles. The SMILES string of the molecule is CCOc1ccc2occ(C(F)(F)F)c2c1-c1cc2ccccc2o1. The van der Waals surface area contributed by atoms with E-state index in [9.17, 15) is 13.2 Å². The first-order chi connectivity index (χ1) is 12.0. The molecule has 4 rings (SSSR count). The largest absolute Gasteiger partial charge is 0.493 e. The van der Waals surface area contributed by atoms with Crippen LogP contribution in [0.3, 0.4) is 0 Å². The molecule has 0 atom stereocenters. The number of furan rings is 2. The summed E-state index contributed by atoms with van der Waals surface area (Å²) >= 11 is 0. The number of halogens is 3. The van der Waals surface area contributed by atoms with Gasteiger partial charge >= 0.3 is 6.18 Å². The highest BCUT2D eigenvalue weighted by Crippen LogP contribution is 2.45. The average Bonchev–Trinajstić information content (AvgIpc) is 3.18. The zero-order valence-electron chi connectivity index (χ0n) is 13.2. The quantitative estimate of drug-likeness (QED) is 0.439. The highest BCUT2D eigenvalue weighted by molar-refractivity contribution is 6.00. The van der Waals surface area contributed by atoms with Crippen molar-refractivity contribution in [2.45, 2.75) is 13.1 Å². The standard InChI is InChI=1S/C19H13F3O3/c1-2-23-15-8-7-14-17(12(10-24-14)19(20,21)22)18(15)16-9-11-5-3-4-6-13(11)25-16/h3-10H,2H2,1H3. The van der Waals surface area contributed by atoms with Crippen molar-refractivity contribution in [2.24, 2.45) is 0 Å². The Morgan fingerprint density at radius 2 is 1.84 bits per heavy atom. The topological polar surface area (TPSA) is 35.5 Å². The van der Waals surface area contributed by atoms with Crippen LogP contribution in [0.4, 0.5) is 13.2 Å². The van der Waals surface area contributed by atoms with Gasteiger partial charge in [0.15, 0.2) is 0 Å². The van der Waals surface area contributed by atoms with Crippen LogP contribution in [0.15, 0.2) is 57.6 Å². The van der Waals surface area contributed by atoms with Crippen LogP contribution in [-0.2, 0) is 6.18 Å². The van der Waals surface area contributed by atoms with Gasteiger partial charge < -0.3 is 13.6 Å². The lowest BCUT2D eigenvalue weighted by Crippen LogP contribution is -2.04. The normalized spacial score (nSPS) is 12.2. The Kier molecular flexibility index (Phi) is 3.49. The Morgan fingerprint density at radius 3 is 2.56 bits per heavy atom. The van der Waals surface area contributed by atoms with Crippen LogP contribution >= 0.6 is 0 Å². The molecule has 3 nitrogen and oxygen atoms in total. The lowest BCUT2D eigenvalue weighted by atomic mass is 10.0. The third-order valence-electron chi connectivity index (χ3n) is 3.98. The Hall–Kier alpha value is -2.89. The summed E-state index contributed by atoms with van der Waals surface area (Å²) in [6, 6.07) is 12.0. The van der Waals surface area contributed by atoms with Crippen molar-refractivity contribution in [2.75, 3.05) is 6.61 Å². The van der Waals surface area contributed by atoms with Crippen LogP contribution in [0.2, 0.25) is 0 Å². The molecule has 25 heavy (non-hydrogen) atoms. The van der Waals surface area contributed by atoms with Crippen LogP contribution in [0.25, 0.3) is 33.3 Å². The third-order valence-corrected chi connectivity index (χ3v) is 3.98. The predicted molar refractivity (Wildman–Crippen MR) is 87.6 cm³/mol. The van der Waals surface area contributed by atoms with Gasteiger partial charge in [-0.25, -0.2) is 0 Å². The van der Waals surface area contributed by atoms with Gasteiger partial charge in [-0.15, -0.1) is 0 Å². The maximum absolute atomic E-state index is 13.4. The van der Waals surface area contributed by atoms with E-state index >= 15 is 0 Å². The minimum absolute atomic E-state index is 0.0579. The molecule has 0 spiro atoms. The molecular weight excluding hydrogens is 333 g/mol. The van der Waals surface area contributed by atoms with E-state index in [0.29, 0.717) is 23.7 Å². The van der Waals surface area contributed by atoms with Gasteiger partial charge in [0.25, 0.3) is 0 Å². The summed E-state index contributed by atoms with van der Waals surface area (Å²) in [6.45, 7) is 2.09. The van der Waals surface area contributed by atoms with Gasteiger partial charge in [-0.05, 0) is 31.2 Å². The zero-order valence-corrected chi connectivity index (χ0v) is 13.2. The molecule has 0 bridgehead atoms. The van der Waals surface area contributed by atoms with Gasteiger partial charge in [-0.3, -0.25) is 0 Å². The molecular formula is C19H13F3O3. The van der Waals surface area contributed by atoms with E-state index in [-0.39, 0.29) is 16.5 Å². The Labute approximate surface area is 140 Å². The number of hydrogen-bond donors (Lipinski definition) is 0. The summed E-state index contributed by atoms with van der Waals surface area (Å²) in [7, 11) is 0. The molecule has 2 aromatic carbocycles. The number of ether oxygens (including phenoxy) is 1. The number of alkyl halides is 3. The van der Waals surface area contributed by atoms with E-state index < -0.39 is 11.7 Å². The Bertz CT molecular complexity index is 1020. The van der Waals surface area contributed by atoms with Gasteiger partial charge in [-0.2, -0.15) is 13.2 Å². The first kappa shape index (κ1) is 15.6. The van der Waals surface area contributed by atoms with Crippen LogP contribution in [0.5, 0.6) is 5.75 Å². The van der Waals surface area contributed by atoms with Crippen molar-refractivity contribution in [1.82, 2.24) is 0 Å². The average molecular weight is 346 g/mol. The van der Waals surface area contributed by atoms with Crippen LogP contribution in [0, 0.1) is 0 Å². The first-order valence-corrected chi connectivity index (χ1v) is 7.72. The molecule has 0 saturated carbocycles. The summed E-state index contributed by atoms with van der Waals surface area (Å²) in [5.74, 6) is 0.628. The lowest BCUT2D eigenvalue weighted by Gasteiger charge is -2.11. The van der Waals surface area contributed by atoms with E-state index in [1.165, 1.54) is 6.07 Å². The van der Waals surface area contributed by atoms with E-state index in [4.69, 9.17) is 13.6 Å². The second-order valence-electron chi connectivity index (χ2n) is 5.54. The third kappa shape index (κ3) is 2.54. The smallest absolute Gasteiger partial charge is 0.420 e. The highest BCUT2D eigenvalue weighted by atomic mass is 19.4. The van der Waals surface area contributed by atoms with E-state index in [2.05, 4.69) is 0 Å². The molecule has 0 fully saturated rings. The zero-order chi connectivity index (χ0) is 17.6. The molecule has 2 heterocycles. The second kappa shape index (κ2) is 5.58. The summed E-state index contributed by atoms with van der Waals surface area (Å²) in [5.41, 5.74) is 0.122. The predicted octanol–water partition coefficient (Wildman–Crippen LogP) is 6.26. The molecule has 0 amide bonds. The van der Waals surface area contributed by atoms with E-state index in [0.717, 1.165) is 11.6 Å². The van der Waals surface area contributed by atoms with Crippen molar-refractivity contribution < 1.29 is 26.7 Å². The summed E-state index contributed by atoms with van der Waals surface area (Å²) in [4.78, 5) is 0. The molecule has 0 unspecified atom stereocenters. The molecule has 0 saturated heterocycles. The fourth-order valence-corrected chi connectivity index (χ4v) is 2.95. The second-order valence-corrected chi connectivity index (χ2v) is 5.54. The number of para-hydroxylation sites is 1. The fraction of sp³-hybridized carbons (Fsp3) is 0.158. The van der Waals surface area contributed by atoms with E-state index in [1.54, 1.807) is 31.2 Å². The molecule has 0 N–H and O–H groups in total. The molecule has 0 aliphatic heterocycles. The van der Waals surface area contributed by atoms with Crippen molar-refractivity contribution in [1.29, 1.82) is 0 Å². The number of benzene rings is 2. The molecule has 128 valence electrons. The fourth-order valence-electron chi connectivity index (χ4n) is 2.95. The monoisotopic (exact) mass is 346 g/mol. The highest BCUT2D eigenvalue weighted by Gasteiger charge is 2.37. The minimum atomic E-state index is -4.54. The molecule has 4 aromatic rings. The lowest BCUT2D eigenvalue weighted by molar-refractivity contribution is -0.136. The number of rotatable bonds is 3. The van der Waals surface area contributed by atoms with Gasteiger partial charge in [0, 0.05) is 10.8 Å². The van der Waals surface area contributed by atoms with Crippen LogP contribution in [-0.4, -0.2) is 6.61 Å². The summed E-state index contributed by atoms with van der Waals surface area (Å²) < 4.78 is 56.8. The minimum Gasteiger partial charge on any atom is -0.493 e. The van der Waals surface area contributed by atoms with Gasteiger partial charge in [0.1, 0.15) is 34.5 Å². The maximum Gasteiger partial charge on any atom is 0.420 e. The van der Waals surface area contributed by atoms with Crippen LogP contribution in [0.1, 0.15) is 12.5 Å². The van der Waals surface area contributed by atoms with Crippen molar-refractivity contribution >= 4 is 21.9 Å². The van der Waals surface area contributed by atoms with Crippen LogP contribution < -0.4 is 4.74 Å². The molecule has 0 aliphatic carbocycles. The van der Waals surface area contributed by atoms with Crippen molar-refractivity contribution in [3.63, 3.8) is 0 Å². The first-order valence-electron chi connectivity index (χ1n) is 7.72. The Balaban J connectivity index is 2.08. The molecule has 0 aliphatic rings. The Morgan fingerprint density at radius 1 is 1.04 bits per heavy atom. The van der Waals surface area contributed by atoms with Crippen molar-refractivity contribution in [3.05, 3.63) is 54.3 Å². The number of fused-ring (bicyclic) bond motifs is 2. The van der Waals surface area contributed by atoms with Gasteiger partial charge in [-0.1, -0.05) is 18.2 Å². The number of hydrogen-bond acceptors (Lipinski definition) is 3. The summed E-state index contributed by atoms with van der Waals surface area (Å²) in [5, 5.41) is 0.742. The van der Waals surface area contributed by atoms with E-state index in [1.807, 2.05) is 12.1 Å².